The van der Waals surface area contributed by atoms with E-state index in [1.54, 1.807) is 48.5 Å². The van der Waals surface area contributed by atoms with Gasteiger partial charge in [-0.05, 0) is 48.5 Å². The summed E-state index contributed by atoms with van der Waals surface area (Å²) < 4.78 is 60.4. The minimum Gasteiger partial charge on any atom is -0.497 e. The highest BCUT2D eigenvalue weighted by atomic mass is 35.6. The Bertz CT molecular complexity index is 1520. The first-order valence-corrected chi connectivity index (χ1v) is 15.6. The highest BCUT2D eigenvalue weighted by Crippen LogP contribution is 2.31. The number of methoxy groups -OCH3 is 1. The summed E-state index contributed by atoms with van der Waals surface area (Å²) in [6.07, 6.45) is -8.15. The van der Waals surface area contributed by atoms with E-state index in [0.717, 1.165) is 0 Å². The van der Waals surface area contributed by atoms with Crippen LogP contribution in [0.4, 0.5) is 0 Å². The number of halogens is 3. The maximum Gasteiger partial charge on any atom is 0.400 e. The molecular formula is C29H27Cl3O12S. The first-order valence-electron chi connectivity index (χ1n) is 13.1. The Hall–Kier alpha value is -3.14. The second-order valence-corrected chi connectivity index (χ2v) is 13.2. The molecule has 0 amide bonds. The molecule has 16 heteroatoms. The number of alkyl halides is 3. The lowest BCUT2D eigenvalue weighted by Gasteiger charge is -2.43. The molecule has 0 saturated carbocycles. The summed E-state index contributed by atoms with van der Waals surface area (Å²) in [4.78, 5) is 26.3. The second-order valence-electron chi connectivity index (χ2n) is 9.37. The standard InChI is InChI=1S/C29H27Cl3O12S/c1-38-20-12-14-21(15-13-20)41-28-25(44-27(35)19-10-6-3-7-11-19)24(43-26(34)18-8-4-2-5-9-18)23(33)22(42-28)16-39-45(36,37)40-17-29(30,31)32/h2-15,22-25,28,33H,16-17H2,1H3/t22-,23+,24+,25-,28-/m1/s1. The van der Waals surface area contributed by atoms with E-state index in [0.29, 0.717) is 5.75 Å². The van der Waals surface area contributed by atoms with Gasteiger partial charge in [0.1, 0.15) is 30.3 Å². The third kappa shape index (κ3) is 10.2. The van der Waals surface area contributed by atoms with Crippen LogP contribution in [0, 0.1) is 0 Å². The second kappa shape index (κ2) is 15.4. The lowest BCUT2D eigenvalue weighted by atomic mass is 9.98. The molecule has 5 atom stereocenters. The van der Waals surface area contributed by atoms with Gasteiger partial charge in [-0.1, -0.05) is 71.2 Å². The third-order valence-electron chi connectivity index (χ3n) is 6.18. The van der Waals surface area contributed by atoms with Crippen LogP contribution < -0.4 is 9.47 Å². The van der Waals surface area contributed by atoms with Crippen LogP contribution in [0.15, 0.2) is 84.9 Å². The zero-order valence-corrected chi connectivity index (χ0v) is 26.4. The molecule has 1 fully saturated rings. The molecule has 0 aliphatic carbocycles. The Kier molecular flexibility index (Phi) is 11.9. The number of aliphatic hydroxyl groups is 1. The van der Waals surface area contributed by atoms with Gasteiger partial charge in [0.15, 0.2) is 6.10 Å². The van der Waals surface area contributed by atoms with Gasteiger partial charge in [0.2, 0.25) is 16.2 Å². The summed E-state index contributed by atoms with van der Waals surface area (Å²) in [7, 11) is -3.29. The van der Waals surface area contributed by atoms with Crippen molar-refractivity contribution in [3.05, 3.63) is 96.1 Å². The van der Waals surface area contributed by atoms with Crippen LogP contribution in [-0.4, -0.2) is 80.3 Å². The number of rotatable bonds is 12. The van der Waals surface area contributed by atoms with Gasteiger partial charge < -0.3 is 28.8 Å². The van der Waals surface area contributed by atoms with Gasteiger partial charge in [-0.25, -0.2) is 18.0 Å². The lowest BCUT2D eigenvalue weighted by Crippen LogP contribution is -2.62. The molecular weight excluding hydrogens is 679 g/mol. The fraction of sp³-hybridized carbons (Fsp3) is 0.310. The molecule has 3 aromatic rings. The number of aliphatic hydroxyl groups excluding tert-OH is 1. The molecule has 4 rings (SSSR count). The van der Waals surface area contributed by atoms with Gasteiger partial charge in [0.05, 0.1) is 24.8 Å². The minimum atomic E-state index is -4.77. The van der Waals surface area contributed by atoms with E-state index in [1.807, 2.05) is 0 Å². The highest BCUT2D eigenvalue weighted by Gasteiger charge is 2.52. The van der Waals surface area contributed by atoms with Crippen molar-refractivity contribution in [1.29, 1.82) is 0 Å². The van der Waals surface area contributed by atoms with E-state index in [-0.39, 0.29) is 16.9 Å². The van der Waals surface area contributed by atoms with E-state index < -0.39 is 70.0 Å². The number of benzene rings is 3. The number of carbonyl (C=O) groups is 2. The maximum absolute atomic E-state index is 13.2. The number of esters is 2. The van der Waals surface area contributed by atoms with Crippen molar-refractivity contribution in [2.45, 2.75) is 34.5 Å². The van der Waals surface area contributed by atoms with Crippen LogP contribution in [0.1, 0.15) is 20.7 Å². The lowest BCUT2D eigenvalue weighted by molar-refractivity contribution is -0.274. The summed E-state index contributed by atoms with van der Waals surface area (Å²) >= 11 is 16.7. The van der Waals surface area contributed by atoms with E-state index in [9.17, 15) is 23.1 Å². The number of ether oxygens (including phenoxy) is 5. The Morgan fingerprint density at radius 1 is 0.800 bits per heavy atom. The molecule has 3 aromatic carbocycles. The van der Waals surface area contributed by atoms with E-state index in [4.69, 9.17) is 62.7 Å². The molecule has 0 spiro atoms. The first-order chi connectivity index (χ1) is 21.3. The van der Waals surface area contributed by atoms with Crippen LogP contribution in [-0.2, 0) is 33.0 Å². The number of hydrogen-bond acceptors (Lipinski definition) is 12. The van der Waals surface area contributed by atoms with E-state index in [1.165, 1.54) is 43.5 Å². The molecule has 1 N–H and O–H groups in total. The zero-order valence-electron chi connectivity index (χ0n) is 23.4. The molecule has 1 saturated heterocycles. The molecule has 1 heterocycles. The van der Waals surface area contributed by atoms with Crippen molar-refractivity contribution in [2.24, 2.45) is 0 Å². The van der Waals surface area contributed by atoms with Crippen LogP contribution in [0.5, 0.6) is 11.5 Å². The molecule has 0 unspecified atom stereocenters. The Balaban J connectivity index is 1.66. The van der Waals surface area contributed by atoms with Gasteiger partial charge in [-0.3, -0.25) is 0 Å². The fourth-order valence-electron chi connectivity index (χ4n) is 4.03. The molecule has 1 aliphatic rings. The van der Waals surface area contributed by atoms with Crippen molar-refractivity contribution in [3.8, 4) is 11.5 Å². The van der Waals surface area contributed by atoms with Crippen molar-refractivity contribution >= 4 is 57.1 Å². The number of hydrogen-bond donors (Lipinski definition) is 1. The summed E-state index contributed by atoms with van der Waals surface area (Å²) in [5.41, 5.74) is 0.262. The fourth-order valence-corrected chi connectivity index (χ4v) is 5.07. The minimum absolute atomic E-state index is 0.118. The summed E-state index contributed by atoms with van der Waals surface area (Å²) in [6.45, 7) is -1.74. The Morgan fingerprint density at radius 2 is 1.31 bits per heavy atom. The van der Waals surface area contributed by atoms with Crippen molar-refractivity contribution < 1.29 is 55.2 Å². The van der Waals surface area contributed by atoms with Gasteiger partial charge in [-0.2, -0.15) is 8.42 Å². The van der Waals surface area contributed by atoms with Gasteiger partial charge >= 0.3 is 22.3 Å². The Labute approximate surface area is 273 Å². The smallest absolute Gasteiger partial charge is 0.400 e. The van der Waals surface area contributed by atoms with Gasteiger partial charge in [0, 0.05) is 0 Å². The average Bonchev–Trinajstić information content (AvgIpc) is 3.03. The largest absolute Gasteiger partial charge is 0.497 e. The van der Waals surface area contributed by atoms with Crippen LogP contribution in [0.3, 0.4) is 0 Å². The summed E-state index contributed by atoms with van der Waals surface area (Å²) in [5.74, 6) is -1.03. The molecule has 242 valence electrons. The van der Waals surface area contributed by atoms with Gasteiger partial charge in [-0.15, -0.1) is 0 Å². The highest BCUT2D eigenvalue weighted by molar-refractivity contribution is 7.81. The number of carbonyl (C=O) groups excluding carboxylic acids is 2. The molecule has 0 bridgehead atoms. The van der Waals surface area contributed by atoms with Crippen LogP contribution >= 0.6 is 34.8 Å². The monoisotopic (exact) mass is 704 g/mol. The van der Waals surface area contributed by atoms with Gasteiger partial charge in [0.25, 0.3) is 0 Å². The van der Waals surface area contributed by atoms with E-state index in [2.05, 4.69) is 4.18 Å². The first kappa shape index (κ1) is 34.7. The summed E-state index contributed by atoms with van der Waals surface area (Å²) in [6, 6.07) is 21.9. The molecule has 0 aromatic heterocycles. The molecule has 1 aliphatic heterocycles. The third-order valence-corrected chi connectivity index (χ3v) is 7.34. The quantitative estimate of drug-likeness (QED) is 0.212. The van der Waals surface area contributed by atoms with Crippen LogP contribution in [0.25, 0.3) is 0 Å². The van der Waals surface area contributed by atoms with E-state index >= 15 is 0 Å². The zero-order chi connectivity index (χ0) is 32.6. The van der Waals surface area contributed by atoms with Crippen molar-refractivity contribution in [2.75, 3.05) is 20.3 Å². The predicted octanol–water partition coefficient (Wildman–Crippen LogP) is 4.26. The summed E-state index contributed by atoms with van der Waals surface area (Å²) in [5, 5.41) is 11.3. The van der Waals surface area contributed by atoms with Crippen molar-refractivity contribution in [3.63, 3.8) is 0 Å². The maximum atomic E-state index is 13.2. The SMILES string of the molecule is COc1ccc(O[C@@H]2O[C@H](COS(=O)(=O)OCC(Cl)(Cl)Cl)[C@H](O)[C@H](OC(=O)c3ccccc3)[C@H]2OC(=O)c2ccccc2)cc1. The molecule has 45 heavy (non-hydrogen) atoms. The average molecular weight is 706 g/mol. The molecule has 0 radical (unpaired) electrons. The molecule has 12 nitrogen and oxygen atoms in total. The Morgan fingerprint density at radius 3 is 1.82 bits per heavy atom. The van der Waals surface area contributed by atoms with Crippen LogP contribution in [0.2, 0.25) is 0 Å². The topological polar surface area (TPSA) is 153 Å². The predicted molar refractivity (Wildman–Crippen MR) is 161 cm³/mol. The van der Waals surface area contributed by atoms with Crippen molar-refractivity contribution in [1.82, 2.24) is 0 Å². The normalized spacial score (nSPS) is 21.8.